The number of halogens is 3. The summed E-state index contributed by atoms with van der Waals surface area (Å²) in [4.78, 5) is 8.50. The summed E-state index contributed by atoms with van der Waals surface area (Å²) in [7, 11) is 0. The van der Waals surface area contributed by atoms with Gasteiger partial charge in [0.2, 0.25) is 0 Å². The van der Waals surface area contributed by atoms with E-state index in [1.807, 2.05) is 13.8 Å². The third kappa shape index (κ3) is 3.29. The van der Waals surface area contributed by atoms with E-state index >= 15 is 0 Å². The van der Waals surface area contributed by atoms with Crippen molar-refractivity contribution in [1.29, 1.82) is 0 Å². The van der Waals surface area contributed by atoms with Gasteiger partial charge in [0.15, 0.2) is 0 Å². The van der Waals surface area contributed by atoms with E-state index in [0.717, 1.165) is 12.1 Å². The highest BCUT2D eigenvalue weighted by atomic mass is 79.9. The Kier molecular flexibility index (Phi) is 4.41. The number of hydrogen-bond acceptors (Lipinski definition) is 4. The van der Waals surface area contributed by atoms with Crippen LogP contribution in [0, 0.1) is 18.6 Å². The maximum Gasteiger partial charge on any atom is 0.148 e. The summed E-state index contributed by atoms with van der Waals surface area (Å²) in [5, 5.41) is 2.78. The zero-order chi connectivity index (χ0) is 15.7. The standard InChI is InChI=1S/C14H15BrF2N4/c1-6(2)13-20-12(18)7(3)14(21-13)19-11-5-9(16)8(15)4-10(11)17/h4-6H,1-3H3,(H3,18,19,20,21). The molecule has 21 heavy (non-hydrogen) atoms. The quantitative estimate of drug-likeness (QED) is 0.805. The molecule has 0 aliphatic rings. The highest BCUT2D eigenvalue weighted by Gasteiger charge is 2.14. The Hall–Kier alpha value is -1.76. The SMILES string of the molecule is Cc1c(N)nc(C(C)C)nc1Nc1cc(F)c(Br)cc1F. The molecule has 2 rings (SSSR count). The molecule has 0 fully saturated rings. The Morgan fingerprint density at radius 1 is 1.19 bits per heavy atom. The molecular formula is C14H15BrF2N4. The van der Waals surface area contributed by atoms with E-state index in [4.69, 9.17) is 5.73 Å². The van der Waals surface area contributed by atoms with Crippen molar-refractivity contribution in [3.63, 3.8) is 0 Å². The largest absolute Gasteiger partial charge is 0.383 e. The maximum atomic E-state index is 13.9. The number of anilines is 3. The van der Waals surface area contributed by atoms with Crippen LogP contribution in [0.2, 0.25) is 0 Å². The lowest BCUT2D eigenvalue weighted by Crippen LogP contribution is -2.09. The number of rotatable bonds is 3. The first-order valence-electron chi connectivity index (χ1n) is 6.35. The molecule has 0 atom stereocenters. The number of benzene rings is 1. The van der Waals surface area contributed by atoms with E-state index in [0.29, 0.717) is 23.0 Å². The average molecular weight is 357 g/mol. The van der Waals surface area contributed by atoms with Gasteiger partial charge in [-0.3, -0.25) is 0 Å². The van der Waals surface area contributed by atoms with E-state index < -0.39 is 11.6 Å². The van der Waals surface area contributed by atoms with Crippen LogP contribution in [0.3, 0.4) is 0 Å². The van der Waals surface area contributed by atoms with Crippen molar-refractivity contribution in [2.45, 2.75) is 26.7 Å². The zero-order valence-corrected chi connectivity index (χ0v) is 13.4. The molecule has 4 nitrogen and oxygen atoms in total. The molecule has 0 amide bonds. The van der Waals surface area contributed by atoms with E-state index in [1.54, 1.807) is 6.92 Å². The van der Waals surface area contributed by atoms with Gasteiger partial charge < -0.3 is 11.1 Å². The zero-order valence-electron chi connectivity index (χ0n) is 11.8. The van der Waals surface area contributed by atoms with Crippen LogP contribution in [-0.2, 0) is 0 Å². The molecule has 0 aliphatic carbocycles. The van der Waals surface area contributed by atoms with Gasteiger partial charge in [0, 0.05) is 17.5 Å². The minimum absolute atomic E-state index is 0.00777. The third-order valence-corrected chi connectivity index (χ3v) is 3.59. The van der Waals surface area contributed by atoms with Crippen molar-refractivity contribution in [3.05, 3.63) is 39.6 Å². The van der Waals surface area contributed by atoms with Gasteiger partial charge in [0.1, 0.15) is 29.1 Å². The Bertz CT molecular complexity index is 689. The van der Waals surface area contributed by atoms with Gasteiger partial charge in [-0.2, -0.15) is 0 Å². The van der Waals surface area contributed by atoms with Crippen molar-refractivity contribution in [3.8, 4) is 0 Å². The lowest BCUT2D eigenvalue weighted by Gasteiger charge is -2.14. The van der Waals surface area contributed by atoms with Gasteiger partial charge >= 0.3 is 0 Å². The summed E-state index contributed by atoms with van der Waals surface area (Å²) in [6.07, 6.45) is 0. The van der Waals surface area contributed by atoms with Gasteiger partial charge in [0.25, 0.3) is 0 Å². The molecule has 0 spiro atoms. The molecule has 0 aliphatic heterocycles. The second-order valence-corrected chi connectivity index (χ2v) is 5.82. The van der Waals surface area contributed by atoms with Gasteiger partial charge in [-0.25, -0.2) is 18.7 Å². The van der Waals surface area contributed by atoms with Crippen molar-refractivity contribution in [2.75, 3.05) is 11.1 Å². The van der Waals surface area contributed by atoms with Gasteiger partial charge in [0.05, 0.1) is 10.2 Å². The van der Waals surface area contributed by atoms with Crippen molar-refractivity contribution in [2.24, 2.45) is 0 Å². The second kappa shape index (κ2) is 5.93. The van der Waals surface area contributed by atoms with E-state index in [2.05, 4.69) is 31.2 Å². The van der Waals surface area contributed by atoms with Crippen LogP contribution in [0.4, 0.5) is 26.1 Å². The fraction of sp³-hybridized carbons (Fsp3) is 0.286. The number of nitrogen functional groups attached to an aromatic ring is 1. The predicted octanol–water partition coefficient (Wildman–Crippen LogP) is 4.27. The number of hydrogen-bond donors (Lipinski definition) is 2. The summed E-state index contributed by atoms with van der Waals surface area (Å²) < 4.78 is 27.5. The van der Waals surface area contributed by atoms with Crippen molar-refractivity contribution >= 4 is 33.3 Å². The first-order valence-corrected chi connectivity index (χ1v) is 7.14. The fourth-order valence-corrected chi connectivity index (χ4v) is 1.99. The van der Waals surface area contributed by atoms with Crippen LogP contribution < -0.4 is 11.1 Å². The molecule has 0 unspecified atom stereocenters. The van der Waals surface area contributed by atoms with E-state index in [-0.39, 0.29) is 16.1 Å². The molecule has 7 heteroatoms. The average Bonchev–Trinajstić information content (AvgIpc) is 2.40. The Morgan fingerprint density at radius 3 is 2.48 bits per heavy atom. The van der Waals surface area contributed by atoms with Crippen LogP contribution in [-0.4, -0.2) is 9.97 Å². The smallest absolute Gasteiger partial charge is 0.148 e. The number of aromatic nitrogens is 2. The van der Waals surface area contributed by atoms with E-state index in [9.17, 15) is 8.78 Å². The molecule has 1 heterocycles. The summed E-state index contributed by atoms with van der Waals surface area (Å²) >= 11 is 2.93. The topological polar surface area (TPSA) is 63.8 Å². The summed E-state index contributed by atoms with van der Waals surface area (Å²) in [5.41, 5.74) is 6.42. The van der Waals surface area contributed by atoms with Crippen LogP contribution in [0.15, 0.2) is 16.6 Å². The van der Waals surface area contributed by atoms with Crippen molar-refractivity contribution < 1.29 is 8.78 Å². The molecule has 0 saturated carbocycles. The number of nitrogens with two attached hydrogens (primary N) is 1. The minimum Gasteiger partial charge on any atom is -0.383 e. The van der Waals surface area contributed by atoms with E-state index in [1.165, 1.54) is 0 Å². The molecule has 0 saturated heterocycles. The molecular weight excluding hydrogens is 342 g/mol. The third-order valence-electron chi connectivity index (χ3n) is 2.98. The first kappa shape index (κ1) is 15.6. The second-order valence-electron chi connectivity index (χ2n) is 4.97. The molecule has 0 bridgehead atoms. The van der Waals surface area contributed by atoms with Crippen LogP contribution >= 0.6 is 15.9 Å². The highest BCUT2D eigenvalue weighted by Crippen LogP contribution is 2.28. The Balaban J connectivity index is 2.46. The molecule has 1 aromatic heterocycles. The summed E-state index contributed by atoms with van der Waals surface area (Å²) in [5.74, 6) is 0.133. The molecule has 3 N–H and O–H groups in total. The summed E-state index contributed by atoms with van der Waals surface area (Å²) in [6, 6.07) is 2.12. The first-order chi connectivity index (χ1) is 9.79. The number of nitrogens with one attached hydrogen (secondary N) is 1. The van der Waals surface area contributed by atoms with Gasteiger partial charge in [-0.1, -0.05) is 13.8 Å². The monoisotopic (exact) mass is 356 g/mol. The Labute approximate surface area is 129 Å². The van der Waals surface area contributed by atoms with Crippen LogP contribution in [0.25, 0.3) is 0 Å². The summed E-state index contributed by atoms with van der Waals surface area (Å²) in [6.45, 7) is 5.57. The van der Waals surface area contributed by atoms with Crippen LogP contribution in [0.5, 0.6) is 0 Å². The van der Waals surface area contributed by atoms with Crippen LogP contribution in [0.1, 0.15) is 31.2 Å². The molecule has 112 valence electrons. The highest BCUT2D eigenvalue weighted by molar-refractivity contribution is 9.10. The lowest BCUT2D eigenvalue weighted by atomic mass is 10.2. The van der Waals surface area contributed by atoms with Gasteiger partial charge in [-0.05, 0) is 28.9 Å². The maximum absolute atomic E-state index is 13.9. The molecule has 1 aromatic carbocycles. The number of nitrogens with zero attached hydrogens (tertiary/aromatic N) is 2. The predicted molar refractivity (Wildman–Crippen MR) is 82.6 cm³/mol. The normalized spacial score (nSPS) is 11.0. The lowest BCUT2D eigenvalue weighted by molar-refractivity contribution is 0.597. The minimum atomic E-state index is -0.592. The molecule has 0 radical (unpaired) electrons. The fourth-order valence-electron chi connectivity index (χ4n) is 1.68. The molecule has 2 aromatic rings. The Morgan fingerprint density at radius 2 is 1.86 bits per heavy atom. The van der Waals surface area contributed by atoms with Crippen molar-refractivity contribution in [1.82, 2.24) is 9.97 Å². The van der Waals surface area contributed by atoms with Gasteiger partial charge in [-0.15, -0.1) is 0 Å².